The normalized spacial score (nSPS) is 11.3. The molecule has 10 heteroatoms. The molecule has 0 heterocycles. The van der Waals surface area contributed by atoms with Crippen molar-refractivity contribution in [2.45, 2.75) is 25.7 Å². The lowest BCUT2D eigenvalue weighted by molar-refractivity contribution is -0.139. The van der Waals surface area contributed by atoms with Gasteiger partial charge in [0.15, 0.2) is 0 Å². The van der Waals surface area contributed by atoms with E-state index in [0.717, 1.165) is 24.2 Å². The quantitative estimate of drug-likeness (QED) is 0.124. The first-order valence-electron chi connectivity index (χ1n) is 13.7. The number of hydrogen-bond acceptors (Lipinski definition) is 10. The van der Waals surface area contributed by atoms with Gasteiger partial charge in [-0.25, -0.2) is 9.59 Å². The average molecular weight is 575 g/mol. The molecule has 2 aromatic carbocycles. The van der Waals surface area contributed by atoms with Crippen LogP contribution in [-0.2, 0) is 19.1 Å². The fourth-order valence-corrected chi connectivity index (χ4v) is 3.86. The van der Waals surface area contributed by atoms with Gasteiger partial charge in [-0.3, -0.25) is 0 Å². The van der Waals surface area contributed by atoms with Gasteiger partial charge in [0.05, 0.1) is 26.4 Å². The minimum atomic E-state index is -0.685. The van der Waals surface area contributed by atoms with Crippen molar-refractivity contribution in [2.75, 3.05) is 63.4 Å². The van der Waals surface area contributed by atoms with E-state index < -0.39 is 11.9 Å². The first-order valence-corrected chi connectivity index (χ1v) is 13.7. The second-order valence-electron chi connectivity index (χ2n) is 9.50. The molecule has 222 valence electrons. The van der Waals surface area contributed by atoms with Gasteiger partial charge in [-0.15, -0.1) is 0 Å². The molecule has 0 radical (unpaired) electrons. The zero-order valence-electron chi connectivity index (χ0n) is 24.2. The number of rotatable bonds is 17. The second kappa shape index (κ2) is 18.7. The molecular formula is C32H38N4O6. The van der Waals surface area contributed by atoms with E-state index in [-0.39, 0.29) is 37.6 Å². The lowest BCUT2D eigenvalue weighted by atomic mass is 10.1. The van der Waals surface area contributed by atoms with Crippen LogP contribution in [0.2, 0.25) is 0 Å². The van der Waals surface area contributed by atoms with Crippen molar-refractivity contribution in [3.8, 4) is 12.1 Å². The summed E-state index contributed by atoms with van der Waals surface area (Å²) in [6.07, 6.45) is 5.61. The van der Waals surface area contributed by atoms with E-state index in [2.05, 4.69) is 0 Å². The predicted octanol–water partition coefficient (Wildman–Crippen LogP) is 3.70. The molecule has 0 spiro atoms. The number of likely N-dealkylation sites (N-methyl/N-ethyl adjacent to an activating group) is 2. The third-order valence-electron chi connectivity index (χ3n) is 6.35. The number of benzene rings is 2. The molecule has 0 bridgehead atoms. The summed E-state index contributed by atoms with van der Waals surface area (Å²) in [4.78, 5) is 28.4. The number of carbonyl (C=O) groups is 2. The summed E-state index contributed by atoms with van der Waals surface area (Å²) in [5.41, 5.74) is 3.00. The number of aliphatic hydroxyl groups excluding tert-OH is 2. The maximum atomic E-state index is 12.3. The monoisotopic (exact) mass is 574 g/mol. The van der Waals surface area contributed by atoms with E-state index >= 15 is 0 Å². The Morgan fingerprint density at radius 1 is 0.690 bits per heavy atom. The number of esters is 2. The number of ether oxygens (including phenoxy) is 2. The largest absolute Gasteiger partial charge is 0.462 e. The Hall–Kier alpha value is -4.64. The summed E-state index contributed by atoms with van der Waals surface area (Å²) >= 11 is 0. The van der Waals surface area contributed by atoms with Crippen LogP contribution in [0, 0.1) is 22.7 Å². The Labute approximate surface area is 247 Å². The van der Waals surface area contributed by atoms with Crippen molar-refractivity contribution in [2.24, 2.45) is 0 Å². The van der Waals surface area contributed by atoms with Crippen LogP contribution in [0.1, 0.15) is 36.8 Å². The van der Waals surface area contributed by atoms with Crippen LogP contribution in [0.4, 0.5) is 11.4 Å². The number of anilines is 2. The summed E-state index contributed by atoms with van der Waals surface area (Å²) in [6, 6.07) is 18.3. The second-order valence-corrected chi connectivity index (χ2v) is 9.50. The molecule has 0 saturated heterocycles. The van der Waals surface area contributed by atoms with E-state index in [1.807, 2.05) is 60.3 Å². The van der Waals surface area contributed by atoms with Crippen LogP contribution < -0.4 is 9.80 Å². The molecule has 0 fully saturated rings. The molecule has 42 heavy (non-hydrogen) atoms. The van der Waals surface area contributed by atoms with Gasteiger partial charge in [0, 0.05) is 38.6 Å². The van der Waals surface area contributed by atoms with Crippen molar-refractivity contribution >= 4 is 35.5 Å². The zero-order valence-corrected chi connectivity index (χ0v) is 24.2. The average Bonchev–Trinajstić information content (AvgIpc) is 3.00. The Bertz CT molecular complexity index is 1190. The third-order valence-corrected chi connectivity index (χ3v) is 6.35. The third kappa shape index (κ3) is 11.5. The van der Waals surface area contributed by atoms with Crippen molar-refractivity contribution in [1.82, 2.24) is 0 Å². The van der Waals surface area contributed by atoms with Crippen molar-refractivity contribution in [3.63, 3.8) is 0 Å². The smallest absolute Gasteiger partial charge is 0.348 e. The first kappa shape index (κ1) is 33.6. The molecule has 0 amide bonds. The molecule has 2 N–H and O–H groups in total. The summed E-state index contributed by atoms with van der Waals surface area (Å²) in [7, 11) is 3.72. The molecule has 0 atom stereocenters. The van der Waals surface area contributed by atoms with E-state index in [0.29, 0.717) is 37.1 Å². The van der Waals surface area contributed by atoms with E-state index in [1.165, 1.54) is 12.2 Å². The number of hydrogen-bond donors (Lipinski definition) is 2. The number of nitriles is 2. The van der Waals surface area contributed by atoms with Crippen LogP contribution in [0.3, 0.4) is 0 Å². The van der Waals surface area contributed by atoms with Gasteiger partial charge in [-0.05, 0) is 73.2 Å². The molecule has 0 aromatic heterocycles. The Morgan fingerprint density at radius 2 is 1.05 bits per heavy atom. The van der Waals surface area contributed by atoms with Gasteiger partial charge >= 0.3 is 11.9 Å². The highest BCUT2D eigenvalue weighted by atomic mass is 16.5. The lowest BCUT2D eigenvalue weighted by Gasteiger charge is -2.17. The number of unbranched alkanes of at least 4 members (excludes halogenated alkanes) is 3. The fraction of sp³-hybridized carbons (Fsp3) is 0.375. The highest BCUT2D eigenvalue weighted by molar-refractivity contribution is 5.98. The van der Waals surface area contributed by atoms with Crippen molar-refractivity contribution in [1.29, 1.82) is 10.5 Å². The van der Waals surface area contributed by atoms with E-state index in [9.17, 15) is 20.1 Å². The summed E-state index contributed by atoms with van der Waals surface area (Å²) in [5, 5.41) is 36.8. The van der Waals surface area contributed by atoms with Crippen LogP contribution in [0.5, 0.6) is 0 Å². The summed E-state index contributed by atoms with van der Waals surface area (Å²) < 4.78 is 10.5. The Balaban J connectivity index is 1.69. The molecule has 0 aliphatic carbocycles. The van der Waals surface area contributed by atoms with Gasteiger partial charge in [0.1, 0.15) is 23.3 Å². The summed E-state index contributed by atoms with van der Waals surface area (Å²) in [6.45, 7) is 1.41. The van der Waals surface area contributed by atoms with E-state index in [1.54, 1.807) is 24.3 Å². The van der Waals surface area contributed by atoms with Crippen molar-refractivity contribution in [3.05, 3.63) is 70.8 Å². The standard InChI is InChI=1S/C32H38N4O6/c1-35(15-17-37)29-11-7-25(8-12-29)21-27(23-33)31(39)41-19-5-3-4-6-20-42-32(40)28(24-34)22-26-9-13-30(14-10-26)36(2)16-18-38/h7-14,21-22,37-38H,3-6,15-20H2,1-2H3. The predicted molar refractivity (Wildman–Crippen MR) is 161 cm³/mol. The van der Waals surface area contributed by atoms with Gasteiger partial charge in [0.2, 0.25) is 0 Å². The van der Waals surface area contributed by atoms with Gasteiger partial charge in [-0.2, -0.15) is 10.5 Å². The van der Waals surface area contributed by atoms with Crippen molar-refractivity contribution < 1.29 is 29.3 Å². The first-order chi connectivity index (χ1) is 20.3. The number of aliphatic hydroxyl groups is 2. The van der Waals surface area contributed by atoms with Gasteiger partial charge in [-0.1, -0.05) is 24.3 Å². The Kier molecular flexibility index (Phi) is 14.9. The minimum Gasteiger partial charge on any atom is -0.462 e. The summed E-state index contributed by atoms with van der Waals surface area (Å²) in [5.74, 6) is -1.37. The molecule has 0 aliphatic heterocycles. The maximum Gasteiger partial charge on any atom is 0.348 e. The lowest BCUT2D eigenvalue weighted by Crippen LogP contribution is -2.20. The molecule has 2 rings (SSSR count). The number of nitrogens with zero attached hydrogens (tertiary/aromatic N) is 4. The zero-order chi connectivity index (χ0) is 30.7. The molecule has 10 nitrogen and oxygen atoms in total. The number of carbonyl (C=O) groups excluding carboxylic acids is 2. The molecule has 2 aromatic rings. The molecule has 0 aliphatic rings. The highest BCUT2D eigenvalue weighted by Crippen LogP contribution is 2.17. The van der Waals surface area contributed by atoms with Gasteiger partial charge < -0.3 is 29.5 Å². The van der Waals surface area contributed by atoms with Crippen LogP contribution in [0.25, 0.3) is 12.2 Å². The van der Waals surface area contributed by atoms with Gasteiger partial charge in [0.25, 0.3) is 0 Å². The topological polar surface area (TPSA) is 147 Å². The maximum absolute atomic E-state index is 12.3. The molecule has 0 saturated carbocycles. The Morgan fingerprint density at radius 3 is 1.36 bits per heavy atom. The highest BCUT2D eigenvalue weighted by Gasteiger charge is 2.12. The minimum absolute atomic E-state index is 0.0414. The SMILES string of the molecule is CN(CCO)c1ccc(C=C(C#N)C(=O)OCCCCCCOC(=O)C(C#N)=Cc2ccc(N(C)CCO)cc2)cc1. The molecule has 0 unspecified atom stereocenters. The van der Waals surface area contributed by atoms with Crippen LogP contribution in [0.15, 0.2) is 59.7 Å². The fourth-order valence-electron chi connectivity index (χ4n) is 3.86. The van der Waals surface area contributed by atoms with Crippen LogP contribution in [-0.4, -0.2) is 75.8 Å². The van der Waals surface area contributed by atoms with Crippen LogP contribution >= 0.6 is 0 Å². The van der Waals surface area contributed by atoms with E-state index in [4.69, 9.17) is 19.7 Å². The molecular weight excluding hydrogens is 536 g/mol.